The molecule has 0 aliphatic carbocycles. The molecule has 0 saturated carbocycles. The van der Waals surface area contributed by atoms with E-state index < -0.39 is 17.9 Å². The fourth-order valence-corrected chi connectivity index (χ4v) is 2.19. The molecule has 0 heterocycles. The van der Waals surface area contributed by atoms with Crippen LogP contribution in [0.4, 0.5) is 0 Å². The molecular weight excluding hydrogens is 345 g/mol. The smallest absolute Gasteiger partial charge is 0.497 e. The van der Waals surface area contributed by atoms with Crippen LogP contribution in [0.1, 0.15) is 18.4 Å². The number of carbonyl (C=O) groups is 2. The molecule has 0 aromatic heterocycles. The summed E-state index contributed by atoms with van der Waals surface area (Å²) in [5, 5.41) is 19.3. The van der Waals surface area contributed by atoms with Crippen LogP contribution in [0.25, 0.3) is 10.8 Å². The largest absolute Gasteiger partial charge is 1.00 e. The van der Waals surface area contributed by atoms with E-state index in [0.717, 1.165) is 22.1 Å². The van der Waals surface area contributed by atoms with Crippen LogP contribution in [0.2, 0.25) is 0 Å². The number of methoxy groups -OCH3 is 1. The number of aliphatic carboxylic acids is 2. The molecule has 6 nitrogen and oxygen atoms in total. The van der Waals surface area contributed by atoms with Gasteiger partial charge < -0.3 is 19.4 Å². The van der Waals surface area contributed by atoms with Gasteiger partial charge in [-0.3, -0.25) is 4.79 Å². The minimum atomic E-state index is -0.808. The van der Waals surface area contributed by atoms with Crippen LogP contribution in [0.5, 0.6) is 5.75 Å². The minimum Gasteiger partial charge on any atom is -0.497 e. The number of fused-ring (bicyclic) bond motifs is 1. The Bertz CT molecular complexity index is 755. The van der Waals surface area contributed by atoms with Crippen molar-refractivity contribution in [1.82, 2.24) is 0 Å². The third-order valence-electron chi connectivity index (χ3n) is 3.55. The van der Waals surface area contributed by atoms with Crippen LogP contribution in [0.15, 0.2) is 36.4 Å². The molecular formula is C19H26NNaO5+2. The van der Waals surface area contributed by atoms with Gasteiger partial charge in [-0.15, -0.1) is 0 Å². The van der Waals surface area contributed by atoms with Crippen molar-refractivity contribution in [3.05, 3.63) is 42.0 Å². The average Bonchev–Trinajstić information content (AvgIpc) is 2.51. The average molecular weight is 371 g/mol. The summed E-state index contributed by atoms with van der Waals surface area (Å²) in [5.74, 6) is -1.24. The number of quaternary nitrogens is 1. The summed E-state index contributed by atoms with van der Waals surface area (Å²) in [5.41, 5.74) is 0.815. The predicted molar refractivity (Wildman–Crippen MR) is 97.1 cm³/mol. The first-order chi connectivity index (χ1) is 11.5. The number of nitrogens with zero attached hydrogens (tertiary/aromatic N) is 1. The van der Waals surface area contributed by atoms with Crippen molar-refractivity contribution in [2.45, 2.75) is 12.8 Å². The van der Waals surface area contributed by atoms with Crippen molar-refractivity contribution >= 4 is 22.7 Å². The molecule has 0 aliphatic heterocycles. The van der Waals surface area contributed by atoms with Gasteiger partial charge in [0.25, 0.3) is 0 Å². The second-order valence-electron chi connectivity index (χ2n) is 6.87. The molecule has 2 aromatic carbocycles. The third-order valence-corrected chi connectivity index (χ3v) is 3.55. The minimum absolute atomic E-state index is 0. The Balaban J connectivity index is 0.000000597. The zero-order valence-corrected chi connectivity index (χ0v) is 18.3. The van der Waals surface area contributed by atoms with Gasteiger partial charge in [0, 0.05) is 0 Å². The molecule has 0 spiro atoms. The first-order valence-electron chi connectivity index (χ1n) is 7.86. The maximum atomic E-state index is 10.9. The maximum Gasteiger partial charge on any atom is 1.00 e. The number of ether oxygens (including phenoxy) is 1. The second kappa shape index (κ2) is 10.5. The first-order valence-corrected chi connectivity index (χ1v) is 7.86. The zero-order valence-electron chi connectivity index (χ0n) is 16.3. The predicted octanol–water partition coefficient (Wildman–Crippen LogP) is -0.182. The van der Waals surface area contributed by atoms with Crippen LogP contribution in [-0.4, -0.2) is 61.4 Å². The summed E-state index contributed by atoms with van der Waals surface area (Å²) in [7, 11) is 7.15. The van der Waals surface area contributed by atoms with Crippen molar-refractivity contribution in [2.75, 3.05) is 34.8 Å². The van der Waals surface area contributed by atoms with Crippen LogP contribution < -0.4 is 34.3 Å². The summed E-state index contributed by atoms with van der Waals surface area (Å²) >= 11 is 0. The van der Waals surface area contributed by atoms with Gasteiger partial charge in [-0.2, -0.15) is 0 Å². The second-order valence-corrected chi connectivity index (χ2v) is 6.87. The number of carboxylic acid groups (broad SMARTS) is 2. The third kappa shape index (κ3) is 8.19. The Labute approximate surface area is 176 Å². The summed E-state index contributed by atoms with van der Waals surface area (Å²) in [6.07, 6.45) is 0. The Morgan fingerprint density at radius 2 is 1.58 bits per heavy atom. The van der Waals surface area contributed by atoms with Gasteiger partial charge in [0.15, 0.2) is 6.54 Å². The standard InChI is InChI=1S/C14H14O3.C5H11NO2.Na/c1-9(14(15)16)10-3-4-12-8-13(17-2)6-5-11(12)7-10;1-6(2,3)4-5(7)8;/h3-9H,1-2H3,(H,15,16);4H2,1-3H3;/q;;+1/p+1/t9-;;/m1../s1. The van der Waals surface area contributed by atoms with E-state index in [1.165, 1.54) is 0 Å². The van der Waals surface area contributed by atoms with Crippen molar-refractivity contribution in [3.8, 4) is 5.75 Å². The molecule has 0 amide bonds. The summed E-state index contributed by atoms with van der Waals surface area (Å²) in [6.45, 7) is 1.87. The molecule has 0 radical (unpaired) electrons. The monoisotopic (exact) mass is 371 g/mol. The van der Waals surface area contributed by atoms with Crippen LogP contribution in [0.3, 0.4) is 0 Å². The number of hydrogen-bond donors (Lipinski definition) is 2. The van der Waals surface area contributed by atoms with Crippen molar-refractivity contribution in [1.29, 1.82) is 0 Å². The van der Waals surface area contributed by atoms with Crippen molar-refractivity contribution < 1.29 is 58.6 Å². The Morgan fingerprint density at radius 1 is 1.04 bits per heavy atom. The summed E-state index contributed by atoms with van der Waals surface area (Å²) in [6, 6.07) is 11.4. The van der Waals surface area contributed by atoms with E-state index in [0.29, 0.717) is 4.48 Å². The van der Waals surface area contributed by atoms with Gasteiger partial charge in [0.1, 0.15) is 5.75 Å². The van der Waals surface area contributed by atoms with Crippen LogP contribution in [-0.2, 0) is 9.59 Å². The summed E-state index contributed by atoms with van der Waals surface area (Å²) in [4.78, 5) is 20.9. The molecule has 136 valence electrons. The molecule has 0 aliphatic rings. The maximum absolute atomic E-state index is 10.9. The van der Waals surface area contributed by atoms with Gasteiger partial charge in [0.05, 0.1) is 34.2 Å². The molecule has 0 unspecified atom stereocenters. The molecule has 1 atom stereocenters. The molecule has 26 heavy (non-hydrogen) atoms. The normalized spacial score (nSPS) is 11.6. The van der Waals surface area contributed by atoms with Crippen LogP contribution >= 0.6 is 0 Å². The first kappa shape index (κ1) is 24.4. The van der Waals surface area contributed by atoms with Crippen LogP contribution in [0, 0.1) is 0 Å². The van der Waals surface area contributed by atoms with E-state index in [1.807, 2.05) is 57.5 Å². The number of hydrogen-bond acceptors (Lipinski definition) is 3. The molecule has 0 fully saturated rings. The SMILES string of the molecule is COc1ccc2cc([C@@H](C)C(=O)O)ccc2c1.C[N+](C)(C)CC(=O)O.[Na+]. The van der Waals surface area contributed by atoms with E-state index in [4.69, 9.17) is 14.9 Å². The summed E-state index contributed by atoms with van der Waals surface area (Å²) < 4.78 is 5.63. The molecule has 2 rings (SSSR count). The van der Waals surface area contributed by atoms with Gasteiger partial charge in [0.2, 0.25) is 0 Å². The molecule has 2 aromatic rings. The number of benzene rings is 2. The van der Waals surface area contributed by atoms with Gasteiger partial charge in [-0.05, 0) is 35.4 Å². The molecule has 7 heteroatoms. The van der Waals surface area contributed by atoms with E-state index in [9.17, 15) is 9.59 Å². The Kier molecular flexibility index (Phi) is 9.88. The van der Waals surface area contributed by atoms with E-state index in [1.54, 1.807) is 14.0 Å². The Hall–Kier alpha value is -1.60. The van der Waals surface area contributed by atoms with Gasteiger partial charge >= 0.3 is 41.5 Å². The van der Waals surface area contributed by atoms with E-state index in [2.05, 4.69) is 0 Å². The Morgan fingerprint density at radius 3 is 2.00 bits per heavy atom. The fourth-order valence-electron chi connectivity index (χ4n) is 2.19. The quantitative estimate of drug-likeness (QED) is 0.563. The molecule has 0 saturated heterocycles. The number of carboxylic acids is 2. The van der Waals surface area contributed by atoms with Gasteiger partial charge in [-0.1, -0.05) is 24.3 Å². The topological polar surface area (TPSA) is 83.8 Å². The molecule has 2 N–H and O–H groups in total. The van der Waals surface area contributed by atoms with E-state index in [-0.39, 0.29) is 36.1 Å². The zero-order chi connectivity index (χ0) is 19.2. The van der Waals surface area contributed by atoms with Crippen molar-refractivity contribution in [2.24, 2.45) is 0 Å². The van der Waals surface area contributed by atoms with E-state index >= 15 is 0 Å². The number of rotatable bonds is 5. The number of likely N-dealkylation sites (N-methyl/N-ethyl adjacent to an activating group) is 1. The fraction of sp³-hybridized carbons (Fsp3) is 0.368. The molecule has 0 bridgehead atoms. The van der Waals surface area contributed by atoms with Gasteiger partial charge in [-0.25, -0.2) is 4.79 Å². The van der Waals surface area contributed by atoms with Crippen molar-refractivity contribution in [3.63, 3.8) is 0 Å².